The van der Waals surface area contributed by atoms with Gasteiger partial charge in [-0.3, -0.25) is 0 Å². The summed E-state index contributed by atoms with van der Waals surface area (Å²) >= 11 is 5.85. The van der Waals surface area contributed by atoms with Crippen molar-refractivity contribution in [2.75, 3.05) is 13.2 Å². The lowest BCUT2D eigenvalue weighted by Gasteiger charge is -2.04. The van der Waals surface area contributed by atoms with Crippen LogP contribution >= 0.6 is 11.6 Å². The molecule has 0 aliphatic heterocycles. The SMILES string of the molecule is [N-]=[N+]=Nc1ccc(COCCO)cc1Cl. The second-order valence-electron chi connectivity index (χ2n) is 2.75. The molecule has 80 valence electrons. The summed E-state index contributed by atoms with van der Waals surface area (Å²) in [6.45, 7) is 0.650. The zero-order chi connectivity index (χ0) is 11.1. The zero-order valence-corrected chi connectivity index (χ0v) is 8.68. The van der Waals surface area contributed by atoms with Crippen LogP contribution < -0.4 is 0 Å². The predicted molar refractivity (Wildman–Crippen MR) is 57.0 cm³/mol. The molecule has 5 nitrogen and oxygen atoms in total. The van der Waals surface area contributed by atoms with E-state index in [1.54, 1.807) is 18.2 Å². The van der Waals surface area contributed by atoms with E-state index in [4.69, 9.17) is 27.0 Å². The van der Waals surface area contributed by atoms with Crippen LogP contribution in [0.1, 0.15) is 5.56 Å². The van der Waals surface area contributed by atoms with Crippen molar-refractivity contribution in [3.05, 3.63) is 39.2 Å². The van der Waals surface area contributed by atoms with Gasteiger partial charge in [0.05, 0.1) is 30.5 Å². The summed E-state index contributed by atoms with van der Waals surface area (Å²) in [5, 5.41) is 12.3. The molecule has 0 aliphatic carbocycles. The van der Waals surface area contributed by atoms with E-state index in [2.05, 4.69) is 10.0 Å². The van der Waals surface area contributed by atoms with E-state index in [0.29, 0.717) is 17.3 Å². The Labute approximate surface area is 91.9 Å². The molecule has 0 radical (unpaired) electrons. The number of aliphatic hydroxyl groups excluding tert-OH is 1. The molecule has 0 bridgehead atoms. The lowest BCUT2D eigenvalue weighted by molar-refractivity contribution is 0.0816. The van der Waals surface area contributed by atoms with E-state index in [9.17, 15) is 0 Å². The van der Waals surface area contributed by atoms with Crippen LogP contribution in [-0.2, 0) is 11.3 Å². The fourth-order valence-corrected chi connectivity index (χ4v) is 1.26. The average Bonchev–Trinajstić information content (AvgIpc) is 2.23. The van der Waals surface area contributed by atoms with Gasteiger partial charge < -0.3 is 9.84 Å². The van der Waals surface area contributed by atoms with Gasteiger partial charge in [-0.15, -0.1) is 0 Å². The highest BCUT2D eigenvalue weighted by Gasteiger charge is 2.00. The molecule has 1 N–H and O–H groups in total. The molecule has 0 amide bonds. The van der Waals surface area contributed by atoms with Gasteiger partial charge in [0.15, 0.2) is 0 Å². The van der Waals surface area contributed by atoms with Crippen LogP contribution in [0.15, 0.2) is 23.3 Å². The van der Waals surface area contributed by atoms with Gasteiger partial charge in [-0.05, 0) is 17.2 Å². The van der Waals surface area contributed by atoms with Crippen LogP contribution in [0.25, 0.3) is 10.4 Å². The Hall–Kier alpha value is -1.26. The highest BCUT2D eigenvalue weighted by atomic mass is 35.5. The molecule has 0 heterocycles. The maximum Gasteiger partial charge on any atom is 0.0718 e. The Morgan fingerprint density at radius 3 is 2.93 bits per heavy atom. The van der Waals surface area contributed by atoms with Gasteiger partial charge in [-0.2, -0.15) is 0 Å². The molecule has 0 aromatic heterocycles. The number of hydrogen-bond acceptors (Lipinski definition) is 3. The highest BCUT2D eigenvalue weighted by molar-refractivity contribution is 6.33. The molecule has 1 aromatic rings. The normalized spacial score (nSPS) is 9.73. The molecule has 15 heavy (non-hydrogen) atoms. The van der Waals surface area contributed by atoms with Gasteiger partial charge in [0.2, 0.25) is 0 Å². The quantitative estimate of drug-likeness (QED) is 0.363. The second-order valence-corrected chi connectivity index (χ2v) is 3.16. The summed E-state index contributed by atoms with van der Waals surface area (Å²) in [6, 6.07) is 5.05. The lowest BCUT2D eigenvalue weighted by atomic mass is 10.2. The Bertz CT molecular complexity index is 378. The number of hydrogen-bond donors (Lipinski definition) is 1. The Morgan fingerprint density at radius 1 is 1.53 bits per heavy atom. The molecule has 1 aromatic carbocycles. The summed E-state index contributed by atoms with van der Waals surface area (Å²) in [4.78, 5) is 2.65. The summed E-state index contributed by atoms with van der Waals surface area (Å²) in [7, 11) is 0. The van der Waals surface area contributed by atoms with Gasteiger partial charge in [-0.1, -0.05) is 28.8 Å². The first-order valence-electron chi connectivity index (χ1n) is 4.30. The molecule has 0 aliphatic rings. The largest absolute Gasteiger partial charge is 0.394 e. The molecule has 0 saturated heterocycles. The Morgan fingerprint density at radius 2 is 2.33 bits per heavy atom. The van der Waals surface area contributed by atoms with Crippen molar-refractivity contribution in [3.63, 3.8) is 0 Å². The van der Waals surface area contributed by atoms with E-state index in [1.807, 2.05) is 0 Å². The molecule has 1 rings (SSSR count). The fraction of sp³-hybridized carbons (Fsp3) is 0.333. The van der Waals surface area contributed by atoms with Crippen LogP contribution in [0.3, 0.4) is 0 Å². The minimum Gasteiger partial charge on any atom is -0.394 e. The van der Waals surface area contributed by atoms with Crippen molar-refractivity contribution in [1.82, 2.24) is 0 Å². The fourth-order valence-electron chi connectivity index (χ4n) is 1.02. The maximum absolute atomic E-state index is 8.51. The zero-order valence-electron chi connectivity index (χ0n) is 7.93. The van der Waals surface area contributed by atoms with Crippen molar-refractivity contribution in [2.24, 2.45) is 5.11 Å². The summed E-state index contributed by atoms with van der Waals surface area (Å²) < 4.78 is 5.11. The number of azide groups is 1. The first-order chi connectivity index (χ1) is 7.27. The van der Waals surface area contributed by atoms with Gasteiger partial charge in [0.25, 0.3) is 0 Å². The molecule has 0 fully saturated rings. The van der Waals surface area contributed by atoms with Crippen LogP contribution in [0.4, 0.5) is 5.69 Å². The number of rotatable bonds is 5. The first-order valence-corrected chi connectivity index (χ1v) is 4.68. The third-order valence-corrected chi connectivity index (χ3v) is 1.97. The monoisotopic (exact) mass is 227 g/mol. The molecule has 0 saturated carbocycles. The smallest absolute Gasteiger partial charge is 0.0718 e. The third-order valence-electron chi connectivity index (χ3n) is 1.67. The number of halogens is 1. The highest BCUT2D eigenvalue weighted by Crippen LogP contribution is 2.26. The molecule has 6 heteroatoms. The van der Waals surface area contributed by atoms with Crippen molar-refractivity contribution >= 4 is 17.3 Å². The molecule has 0 unspecified atom stereocenters. The van der Waals surface area contributed by atoms with Gasteiger partial charge >= 0.3 is 0 Å². The Kier molecular flexibility index (Phi) is 4.93. The molecule has 0 atom stereocenters. The van der Waals surface area contributed by atoms with Crippen molar-refractivity contribution in [2.45, 2.75) is 6.61 Å². The van der Waals surface area contributed by atoms with Crippen molar-refractivity contribution in [3.8, 4) is 0 Å². The number of aliphatic hydroxyl groups is 1. The molecule has 0 spiro atoms. The first kappa shape index (κ1) is 11.8. The predicted octanol–water partition coefficient (Wildman–Crippen LogP) is 2.79. The lowest BCUT2D eigenvalue weighted by Crippen LogP contribution is -1.98. The van der Waals surface area contributed by atoms with Crippen LogP contribution in [0.2, 0.25) is 5.02 Å². The van der Waals surface area contributed by atoms with E-state index in [-0.39, 0.29) is 13.2 Å². The van der Waals surface area contributed by atoms with E-state index >= 15 is 0 Å². The Balaban J connectivity index is 2.69. The topological polar surface area (TPSA) is 78.2 Å². The number of nitrogens with zero attached hydrogens (tertiary/aromatic N) is 3. The van der Waals surface area contributed by atoms with Crippen LogP contribution in [0, 0.1) is 0 Å². The summed E-state index contributed by atoms with van der Waals surface area (Å²) in [5.74, 6) is 0. The molecular formula is C9H10ClN3O2. The minimum absolute atomic E-state index is 0.00938. The minimum atomic E-state index is -0.00938. The van der Waals surface area contributed by atoms with Crippen molar-refractivity contribution in [1.29, 1.82) is 0 Å². The van der Waals surface area contributed by atoms with Crippen LogP contribution in [-0.4, -0.2) is 18.3 Å². The average molecular weight is 228 g/mol. The van der Waals surface area contributed by atoms with Gasteiger partial charge in [-0.25, -0.2) is 0 Å². The van der Waals surface area contributed by atoms with E-state index in [0.717, 1.165) is 5.56 Å². The van der Waals surface area contributed by atoms with E-state index in [1.165, 1.54) is 0 Å². The van der Waals surface area contributed by atoms with Gasteiger partial charge in [0, 0.05) is 4.91 Å². The molecular weight excluding hydrogens is 218 g/mol. The van der Waals surface area contributed by atoms with Crippen LogP contribution in [0.5, 0.6) is 0 Å². The third kappa shape index (κ3) is 3.77. The van der Waals surface area contributed by atoms with Gasteiger partial charge in [0.1, 0.15) is 0 Å². The maximum atomic E-state index is 8.51. The van der Waals surface area contributed by atoms with Crippen molar-refractivity contribution < 1.29 is 9.84 Å². The standard InChI is InChI=1S/C9H10ClN3O2/c10-8-5-7(6-15-4-3-14)1-2-9(8)12-13-11/h1-2,5,14H,3-4,6H2. The summed E-state index contributed by atoms with van der Waals surface area (Å²) in [6.07, 6.45) is 0. The van der Waals surface area contributed by atoms with E-state index < -0.39 is 0 Å². The summed E-state index contributed by atoms with van der Waals surface area (Å²) in [5.41, 5.74) is 9.49. The second kappa shape index (κ2) is 6.27. The number of ether oxygens (including phenoxy) is 1. The number of benzene rings is 1.